The smallest absolute Gasteiger partial charge is 0.417 e. The molecule has 1 aromatic carbocycles. The fourth-order valence-corrected chi connectivity index (χ4v) is 2.47. The van der Waals surface area contributed by atoms with Crippen molar-refractivity contribution < 1.29 is 22.4 Å². The van der Waals surface area contributed by atoms with Gasteiger partial charge in [0.15, 0.2) is 0 Å². The molecule has 1 amide bonds. The summed E-state index contributed by atoms with van der Waals surface area (Å²) in [5, 5.41) is 6.31. The molecular formula is C18H14F3N3O3. The van der Waals surface area contributed by atoms with Crippen molar-refractivity contribution in [3.63, 3.8) is 0 Å². The molecule has 2 aromatic heterocycles. The molecular weight excluding hydrogens is 363 g/mol. The fourth-order valence-electron chi connectivity index (χ4n) is 2.47. The Morgan fingerprint density at radius 1 is 1.33 bits per heavy atom. The second-order valence-electron chi connectivity index (χ2n) is 5.64. The maximum atomic E-state index is 13.0. The van der Waals surface area contributed by atoms with Crippen molar-refractivity contribution >= 4 is 28.6 Å². The summed E-state index contributed by atoms with van der Waals surface area (Å²) < 4.78 is 45.6. The summed E-state index contributed by atoms with van der Waals surface area (Å²) in [4.78, 5) is 23.4. The summed E-state index contributed by atoms with van der Waals surface area (Å²) >= 11 is 0. The zero-order chi connectivity index (χ0) is 19.6. The lowest BCUT2D eigenvalue weighted by molar-refractivity contribution is -0.136. The van der Waals surface area contributed by atoms with E-state index in [1.54, 1.807) is 23.2 Å². The van der Waals surface area contributed by atoms with Gasteiger partial charge in [0.1, 0.15) is 5.58 Å². The van der Waals surface area contributed by atoms with Gasteiger partial charge >= 0.3 is 11.8 Å². The van der Waals surface area contributed by atoms with E-state index in [0.717, 1.165) is 11.6 Å². The van der Waals surface area contributed by atoms with Gasteiger partial charge in [0.05, 0.1) is 11.8 Å². The predicted octanol–water partition coefficient (Wildman–Crippen LogP) is 3.68. The second-order valence-corrected chi connectivity index (χ2v) is 5.64. The van der Waals surface area contributed by atoms with Crippen molar-refractivity contribution in [2.45, 2.75) is 19.6 Å². The molecule has 2 heterocycles. The normalized spacial score (nSPS) is 12.0. The Labute approximate surface area is 150 Å². The number of rotatable bonds is 4. The maximum Gasteiger partial charge on any atom is 0.417 e. The van der Waals surface area contributed by atoms with Gasteiger partial charge in [-0.3, -0.25) is 9.48 Å². The molecule has 0 aliphatic rings. The number of halogens is 3. The van der Waals surface area contributed by atoms with E-state index >= 15 is 0 Å². The SMILES string of the molecule is CCn1cc(/C=C\C(=O)Nc2ccc3c(C(F)(F)F)cc(=O)oc3c2)cn1. The highest BCUT2D eigenvalue weighted by atomic mass is 19.4. The fraction of sp³-hybridized carbons (Fsp3) is 0.167. The van der Waals surface area contributed by atoms with Crippen LogP contribution in [-0.2, 0) is 17.5 Å². The Morgan fingerprint density at radius 3 is 2.78 bits per heavy atom. The van der Waals surface area contributed by atoms with Crippen molar-refractivity contribution in [3.8, 4) is 0 Å². The van der Waals surface area contributed by atoms with Gasteiger partial charge in [-0.05, 0) is 25.1 Å². The molecule has 0 bridgehead atoms. The van der Waals surface area contributed by atoms with Crippen LogP contribution in [0.4, 0.5) is 18.9 Å². The number of amides is 1. The minimum absolute atomic E-state index is 0.198. The number of hydrogen-bond donors (Lipinski definition) is 1. The lowest BCUT2D eigenvalue weighted by Crippen LogP contribution is -2.11. The van der Waals surface area contributed by atoms with Gasteiger partial charge in [-0.1, -0.05) is 0 Å². The highest BCUT2D eigenvalue weighted by molar-refractivity contribution is 6.02. The Balaban J connectivity index is 1.83. The number of nitrogens with one attached hydrogen (secondary N) is 1. The Kier molecular flexibility index (Phi) is 4.85. The average molecular weight is 377 g/mol. The largest absolute Gasteiger partial charge is 0.423 e. The molecule has 0 unspecified atom stereocenters. The van der Waals surface area contributed by atoms with Gasteiger partial charge in [-0.25, -0.2) is 4.79 Å². The average Bonchev–Trinajstić information content (AvgIpc) is 3.06. The van der Waals surface area contributed by atoms with Crippen LogP contribution in [0.5, 0.6) is 0 Å². The van der Waals surface area contributed by atoms with Crippen LogP contribution in [0.25, 0.3) is 17.0 Å². The lowest BCUT2D eigenvalue weighted by Gasteiger charge is -2.10. The highest BCUT2D eigenvalue weighted by Gasteiger charge is 2.33. The van der Waals surface area contributed by atoms with E-state index in [0.29, 0.717) is 12.6 Å². The van der Waals surface area contributed by atoms with Crippen molar-refractivity contribution in [2.75, 3.05) is 5.32 Å². The van der Waals surface area contributed by atoms with Crippen molar-refractivity contribution in [3.05, 3.63) is 64.3 Å². The Morgan fingerprint density at radius 2 is 2.11 bits per heavy atom. The molecule has 1 N–H and O–H groups in total. The number of aromatic nitrogens is 2. The quantitative estimate of drug-likeness (QED) is 0.556. The highest BCUT2D eigenvalue weighted by Crippen LogP contribution is 2.34. The van der Waals surface area contributed by atoms with Crippen LogP contribution in [0.1, 0.15) is 18.1 Å². The van der Waals surface area contributed by atoms with E-state index in [2.05, 4.69) is 10.4 Å². The molecule has 0 atom stereocenters. The summed E-state index contributed by atoms with van der Waals surface area (Å²) in [6.45, 7) is 2.62. The molecule has 6 nitrogen and oxygen atoms in total. The molecule has 140 valence electrons. The Bertz CT molecular complexity index is 1080. The van der Waals surface area contributed by atoms with E-state index in [1.165, 1.54) is 18.2 Å². The number of carbonyl (C=O) groups excluding carboxylic acids is 1. The number of benzene rings is 1. The van der Waals surface area contributed by atoms with E-state index in [-0.39, 0.29) is 16.7 Å². The van der Waals surface area contributed by atoms with Crippen molar-refractivity contribution in [1.82, 2.24) is 9.78 Å². The van der Waals surface area contributed by atoms with Crippen LogP contribution in [0.3, 0.4) is 0 Å². The first kappa shape index (κ1) is 18.4. The minimum atomic E-state index is -4.69. The predicted molar refractivity (Wildman–Crippen MR) is 93.1 cm³/mol. The number of alkyl halides is 3. The molecule has 9 heteroatoms. The number of aryl methyl sites for hydroxylation is 1. The first-order valence-corrected chi connectivity index (χ1v) is 7.93. The summed E-state index contributed by atoms with van der Waals surface area (Å²) in [5.41, 5.74) is -1.54. The van der Waals surface area contributed by atoms with Gasteiger partial charge in [0, 0.05) is 47.6 Å². The van der Waals surface area contributed by atoms with Gasteiger partial charge in [0.25, 0.3) is 0 Å². The second kappa shape index (κ2) is 7.10. The third-order valence-corrected chi connectivity index (χ3v) is 3.72. The zero-order valence-electron chi connectivity index (χ0n) is 14.1. The molecule has 0 saturated heterocycles. The van der Waals surface area contributed by atoms with Crippen LogP contribution in [0.15, 0.2) is 51.9 Å². The van der Waals surface area contributed by atoms with E-state index in [1.807, 2.05) is 6.92 Å². The van der Waals surface area contributed by atoms with Crippen molar-refractivity contribution in [1.29, 1.82) is 0 Å². The van der Waals surface area contributed by atoms with Crippen LogP contribution >= 0.6 is 0 Å². The van der Waals surface area contributed by atoms with Gasteiger partial charge in [0.2, 0.25) is 5.91 Å². The third-order valence-electron chi connectivity index (χ3n) is 3.72. The molecule has 0 radical (unpaired) electrons. The summed E-state index contributed by atoms with van der Waals surface area (Å²) in [5.74, 6) is -0.493. The molecule has 0 spiro atoms. The van der Waals surface area contributed by atoms with Crippen LogP contribution in [0, 0.1) is 0 Å². The number of fused-ring (bicyclic) bond motifs is 1. The molecule has 27 heavy (non-hydrogen) atoms. The Hall–Kier alpha value is -3.36. The summed E-state index contributed by atoms with van der Waals surface area (Å²) in [6.07, 6.45) is 1.48. The molecule has 3 aromatic rings. The number of carbonyl (C=O) groups is 1. The zero-order valence-corrected chi connectivity index (χ0v) is 14.1. The number of hydrogen-bond acceptors (Lipinski definition) is 4. The molecule has 0 aliphatic carbocycles. The maximum absolute atomic E-state index is 13.0. The van der Waals surface area contributed by atoms with E-state index in [4.69, 9.17) is 4.42 Å². The van der Waals surface area contributed by atoms with Crippen LogP contribution < -0.4 is 10.9 Å². The monoisotopic (exact) mass is 377 g/mol. The van der Waals surface area contributed by atoms with Crippen LogP contribution in [0.2, 0.25) is 0 Å². The van der Waals surface area contributed by atoms with E-state index in [9.17, 15) is 22.8 Å². The minimum Gasteiger partial charge on any atom is -0.423 e. The van der Waals surface area contributed by atoms with Gasteiger partial charge in [-0.2, -0.15) is 18.3 Å². The lowest BCUT2D eigenvalue weighted by atomic mass is 10.1. The number of nitrogens with zero attached hydrogens (tertiary/aromatic N) is 2. The molecule has 0 aliphatic heterocycles. The van der Waals surface area contributed by atoms with E-state index < -0.39 is 23.3 Å². The molecule has 0 saturated carbocycles. The van der Waals surface area contributed by atoms with Gasteiger partial charge in [-0.15, -0.1) is 0 Å². The molecule has 0 fully saturated rings. The van der Waals surface area contributed by atoms with Gasteiger partial charge < -0.3 is 9.73 Å². The van der Waals surface area contributed by atoms with Crippen LogP contribution in [-0.4, -0.2) is 15.7 Å². The van der Waals surface area contributed by atoms with Crippen molar-refractivity contribution in [2.24, 2.45) is 0 Å². The topological polar surface area (TPSA) is 77.1 Å². The standard InChI is InChI=1S/C18H14F3N3O3/c1-2-24-10-11(9-22-24)3-6-16(25)23-12-4-5-13-14(18(19,20)21)8-17(26)27-15(13)7-12/h3-10H,2H2,1H3,(H,23,25)/b6-3-. The summed E-state index contributed by atoms with van der Waals surface area (Å²) in [6, 6.07) is 4.02. The third kappa shape index (κ3) is 4.25. The molecule has 3 rings (SSSR count). The summed E-state index contributed by atoms with van der Waals surface area (Å²) in [7, 11) is 0. The first-order chi connectivity index (χ1) is 12.8. The number of anilines is 1. The first-order valence-electron chi connectivity index (χ1n) is 7.93.